The molecule has 37 heavy (non-hydrogen) atoms. The molecule has 0 fully saturated rings. The maximum atomic E-state index is 13.2. The van der Waals surface area contributed by atoms with Crippen molar-refractivity contribution in [3.05, 3.63) is 29.8 Å². The smallest absolute Gasteiger partial charge is 0.326 e. The molecule has 5 atom stereocenters. The number of benzene rings is 1. The highest BCUT2D eigenvalue weighted by molar-refractivity contribution is 5.96. The molecule has 0 radical (unpaired) electrons. The number of hydrogen-bond donors (Lipinski definition) is 8. The van der Waals surface area contributed by atoms with Gasteiger partial charge >= 0.3 is 5.97 Å². The van der Waals surface area contributed by atoms with Crippen LogP contribution in [0.5, 0.6) is 5.75 Å². The van der Waals surface area contributed by atoms with Crippen molar-refractivity contribution >= 4 is 35.5 Å². The third-order valence-corrected chi connectivity index (χ3v) is 5.63. The maximum absolute atomic E-state index is 13.2. The summed E-state index contributed by atoms with van der Waals surface area (Å²) in [6.07, 6.45) is -0.909. The topological polar surface area (TPSA) is 257 Å². The number of aromatic hydroxyl groups is 1. The fourth-order valence-electron chi connectivity index (χ4n) is 3.21. The predicted octanol–water partition coefficient (Wildman–Crippen LogP) is -2.40. The average molecular weight is 523 g/mol. The Labute approximate surface area is 213 Å². The minimum atomic E-state index is -1.71. The quantitative estimate of drug-likeness (QED) is 0.122. The van der Waals surface area contributed by atoms with E-state index in [9.17, 15) is 39.0 Å². The molecule has 5 unspecified atom stereocenters. The van der Waals surface area contributed by atoms with Crippen LogP contribution in [0.2, 0.25) is 0 Å². The molecule has 0 spiro atoms. The first kappa shape index (κ1) is 30.8. The number of carboxylic acid groups (broad SMARTS) is 1. The molecule has 1 aromatic rings. The van der Waals surface area contributed by atoms with E-state index in [1.807, 2.05) is 12.2 Å². The minimum absolute atomic E-state index is 0.0188. The number of rotatable bonds is 15. The van der Waals surface area contributed by atoms with E-state index in [0.717, 1.165) is 0 Å². The lowest BCUT2D eigenvalue weighted by Gasteiger charge is -2.25. The first-order valence-electron chi connectivity index (χ1n) is 11.5. The Morgan fingerprint density at radius 2 is 1.27 bits per heavy atom. The van der Waals surface area contributed by atoms with E-state index in [-0.39, 0.29) is 18.1 Å². The van der Waals surface area contributed by atoms with Gasteiger partial charge in [-0.1, -0.05) is 32.4 Å². The highest BCUT2D eigenvalue weighted by Gasteiger charge is 2.32. The molecule has 11 N–H and O–H groups in total. The van der Waals surface area contributed by atoms with E-state index < -0.39 is 72.5 Å². The van der Waals surface area contributed by atoms with Crippen LogP contribution in [0, 0.1) is 5.92 Å². The van der Waals surface area contributed by atoms with Crippen LogP contribution in [0.15, 0.2) is 24.3 Å². The molecule has 0 saturated carbocycles. The molecule has 1 rings (SSSR count). The molecular formula is C23H34N6O8. The standard InChI is InChI=1S/C23H34N6O8/c1-3-11(2)19(26)22(35)28-14(8-12-4-6-13(30)7-5-12)20(33)27-15(9-17(24)31)21(34)29-16(23(36)37)10-18(25)32/h4-7,11,14-16,19,30H,3,8-10,26H2,1-2H3,(H2,24,31)(H2,25,32)(H,27,33)(H,28,35)(H,29,34)(H,36,37). The molecule has 0 aliphatic heterocycles. The molecule has 0 aromatic heterocycles. The average Bonchev–Trinajstić information content (AvgIpc) is 2.82. The number of carbonyl (C=O) groups is 6. The van der Waals surface area contributed by atoms with Gasteiger partial charge in [0.1, 0.15) is 23.9 Å². The highest BCUT2D eigenvalue weighted by atomic mass is 16.4. The molecule has 0 bridgehead atoms. The number of hydrogen-bond acceptors (Lipinski definition) is 8. The third kappa shape index (κ3) is 10.5. The van der Waals surface area contributed by atoms with Crippen LogP contribution in [0.3, 0.4) is 0 Å². The summed E-state index contributed by atoms with van der Waals surface area (Å²) in [5.41, 5.74) is 16.7. The number of aliphatic carboxylic acids is 1. The van der Waals surface area contributed by atoms with Gasteiger partial charge < -0.3 is 43.4 Å². The highest BCUT2D eigenvalue weighted by Crippen LogP contribution is 2.13. The Hall–Kier alpha value is -4.20. The van der Waals surface area contributed by atoms with Crippen LogP contribution in [-0.4, -0.2) is 69.9 Å². The van der Waals surface area contributed by atoms with Crippen LogP contribution < -0.4 is 33.2 Å². The lowest BCUT2D eigenvalue weighted by atomic mass is 9.98. The lowest BCUT2D eigenvalue weighted by molar-refractivity contribution is -0.144. The largest absolute Gasteiger partial charge is 0.508 e. The zero-order valence-electron chi connectivity index (χ0n) is 20.6. The number of nitrogens with two attached hydrogens (primary N) is 3. The van der Waals surface area contributed by atoms with Crippen molar-refractivity contribution in [2.24, 2.45) is 23.1 Å². The number of carbonyl (C=O) groups excluding carboxylic acids is 5. The molecule has 14 heteroatoms. The third-order valence-electron chi connectivity index (χ3n) is 5.63. The SMILES string of the molecule is CCC(C)C(N)C(=O)NC(Cc1ccc(O)cc1)C(=O)NC(CC(N)=O)C(=O)NC(CC(N)=O)C(=O)O. The Bertz CT molecular complexity index is 999. The van der Waals surface area contributed by atoms with E-state index in [0.29, 0.717) is 12.0 Å². The number of amides is 5. The van der Waals surface area contributed by atoms with Gasteiger partial charge in [0, 0.05) is 6.42 Å². The van der Waals surface area contributed by atoms with Gasteiger partial charge in [-0.3, -0.25) is 24.0 Å². The van der Waals surface area contributed by atoms with E-state index in [4.69, 9.17) is 17.2 Å². The first-order chi connectivity index (χ1) is 17.2. The summed E-state index contributed by atoms with van der Waals surface area (Å²) in [6, 6.07) is 0.263. The number of primary amides is 2. The van der Waals surface area contributed by atoms with Gasteiger partial charge in [-0.25, -0.2) is 4.79 Å². The van der Waals surface area contributed by atoms with Crippen molar-refractivity contribution in [1.82, 2.24) is 16.0 Å². The van der Waals surface area contributed by atoms with E-state index in [1.165, 1.54) is 24.3 Å². The molecular weight excluding hydrogens is 488 g/mol. The predicted molar refractivity (Wildman–Crippen MR) is 130 cm³/mol. The molecule has 0 aliphatic carbocycles. The van der Waals surface area contributed by atoms with Gasteiger partial charge in [0.25, 0.3) is 0 Å². The summed E-state index contributed by atoms with van der Waals surface area (Å²) < 4.78 is 0. The van der Waals surface area contributed by atoms with Crippen LogP contribution in [0.25, 0.3) is 0 Å². The van der Waals surface area contributed by atoms with Crippen molar-refractivity contribution in [2.75, 3.05) is 0 Å². The molecule has 0 aliphatic rings. The molecule has 1 aromatic carbocycles. The molecule has 0 saturated heterocycles. The fraction of sp³-hybridized carbons (Fsp3) is 0.478. The van der Waals surface area contributed by atoms with Gasteiger partial charge in [0.2, 0.25) is 29.5 Å². The lowest BCUT2D eigenvalue weighted by Crippen LogP contribution is -2.58. The zero-order chi connectivity index (χ0) is 28.3. The van der Waals surface area contributed by atoms with Gasteiger partial charge in [-0.15, -0.1) is 0 Å². The van der Waals surface area contributed by atoms with E-state index in [1.54, 1.807) is 6.92 Å². The number of phenols is 1. The summed E-state index contributed by atoms with van der Waals surface area (Å²) in [5, 5.41) is 25.6. The summed E-state index contributed by atoms with van der Waals surface area (Å²) >= 11 is 0. The summed E-state index contributed by atoms with van der Waals surface area (Å²) in [4.78, 5) is 72.6. The first-order valence-corrected chi connectivity index (χ1v) is 11.5. The zero-order valence-corrected chi connectivity index (χ0v) is 20.6. The molecule has 0 heterocycles. The number of carboxylic acids is 1. The van der Waals surface area contributed by atoms with Crippen LogP contribution in [-0.2, 0) is 35.2 Å². The summed E-state index contributed by atoms with van der Waals surface area (Å²) in [7, 11) is 0. The number of nitrogens with one attached hydrogen (secondary N) is 3. The van der Waals surface area contributed by atoms with Crippen molar-refractivity contribution in [3.63, 3.8) is 0 Å². The monoisotopic (exact) mass is 522 g/mol. The van der Waals surface area contributed by atoms with E-state index >= 15 is 0 Å². The van der Waals surface area contributed by atoms with Gasteiger partial charge in [0.05, 0.1) is 18.9 Å². The van der Waals surface area contributed by atoms with Crippen molar-refractivity contribution in [2.45, 2.75) is 63.7 Å². The van der Waals surface area contributed by atoms with E-state index in [2.05, 4.69) is 10.6 Å². The van der Waals surface area contributed by atoms with Gasteiger partial charge in [0.15, 0.2) is 0 Å². The fourth-order valence-corrected chi connectivity index (χ4v) is 3.21. The van der Waals surface area contributed by atoms with Crippen molar-refractivity contribution in [1.29, 1.82) is 0 Å². The van der Waals surface area contributed by atoms with Gasteiger partial charge in [-0.2, -0.15) is 0 Å². The maximum Gasteiger partial charge on any atom is 0.326 e. The molecule has 5 amide bonds. The Balaban J connectivity index is 3.18. The summed E-state index contributed by atoms with van der Waals surface area (Å²) in [6.45, 7) is 3.60. The minimum Gasteiger partial charge on any atom is -0.508 e. The second kappa shape index (κ2) is 14.4. The molecule has 14 nitrogen and oxygen atoms in total. The second-order valence-electron chi connectivity index (χ2n) is 8.64. The van der Waals surface area contributed by atoms with Crippen molar-refractivity contribution in [3.8, 4) is 5.75 Å². The normalized spacial score (nSPS) is 14.8. The van der Waals surface area contributed by atoms with Crippen LogP contribution in [0.4, 0.5) is 0 Å². The Morgan fingerprint density at radius 3 is 1.76 bits per heavy atom. The van der Waals surface area contributed by atoms with Gasteiger partial charge in [-0.05, 0) is 23.6 Å². The Morgan fingerprint density at radius 1 is 0.811 bits per heavy atom. The number of phenolic OH excluding ortho intramolecular Hbond substituents is 1. The van der Waals surface area contributed by atoms with Crippen LogP contribution in [0.1, 0.15) is 38.7 Å². The second-order valence-corrected chi connectivity index (χ2v) is 8.64. The van der Waals surface area contributed by atoms with Crippen LogP contribution >= 0.6 is 0 Å². The Kier molecular flexibility index (Phi) is 12.0. The van der Waals surface area contributed by atoms with Crippen molar-refractivity contribution < 1.29 is 39.0 Å². The molecule has 204 valence electrons. The summed E-state index contributed by atoms with van der Waals surface area (Å²) in [5.74, 6) is -6.39.